The normalized spacial score (nSPS) is 12.9. The van der Waals surface area contributed by atoms with Crippen molar-refractivity contribution in [1.29, 1.82) is 0 Å². The SMILES string of the molecule is CCCCCCCCC/C=C/CCCCCCCC(=O)OCC(COCCC(C(=O)[O-])[N+](C)(C)C)OC(=O)CCCCCCCCCCCCCCCCCCC. The second-order valence-electron chi connectivity index (χ2n) is 17.7. The summed E-state index contributed by atoms with van der Waals surface area (Å²) in [4.78, 5) is 36.9. The average molecular weight is 808 g/mol. The monoisotopic (exact) mass is 808 g/mol. The summed E-state index contributed by atoms with van der Waals surface area (Å²) < 4.78 is 17.2. The Morgan fingerprint density at radius 2 is 0.877 bits per heavy atom. The van der Waals surface area contributed by atoms with Crippen molar-refractivity contribution in [2.45, 2.75) is 244 Å². The summed E-state index contributed by atoms with van der Waals surface area (Å²) >= 11 is 0. The van der Waals surface area contributed by atoms with Gasteiger partial charge in [0.25, 0.3) is 0 Å². The molecule has 0 heterocycles. The van der Waals surface area contributed by atoms with Gasteiger partial charge in [-0.15, -0.1) is 0 Å². The van der Waals surface area contributed by atoms with Gasteiger partial charge < -0.3 is 28.6 Å². The van der Waals surface area contributed by atoms with Gasteiger partial charge in [-0.05, 0) is 38.5 Å². The van der Waals surface area contributed by atoms with E-state index in [0.717, 1.165) is 44.9 Å². The lowest BCUT2D eigenvalue weighted by Crippen LogP contribution is -2.55. The molecular formula is C49H93NO7. The summed E-state index contributed by atoms with van der Waals surface area (Å²) in [6, 6.07) is -0.722. The fourth-order valence-corrected chi connectivity index (χ4v) is 7.36. The number of carbonyl (C=O) groups excluding carboxylic acids is 3. The standard InChI is InChI=1S/C49H93NO7/c1-6-8-10-12-14-16-18-20-22-24-26-28-30-32-34-36-38-40-48(52)57-45(43-55-42-41-46(49(53)54)50(3,4)5)44-56-47(51)39-37-35-33-31-29-27-25-23-21-19-17-15-13-11-9-7-2/h23,25,45-46H,6-22,24,26-44H2,1-5H3/b25-23+. The molecule has 0 aliphatic heterocycles. The Kier molecular flexibility index (Phi) is 39.4. The van der Waals surface area contributed by atoms with Crippen molar-refractivity contribution < 1.29 is 38.2 Å². The van der Waals surface area contributed by atoms with Crippen molar-refractivity contribution in [1.82, 2.24) is 0 Å². The number of allylic oxidation sites excluding steroid dienone is 2. The highest BCUT2D eigenvalue weighted by Crippen LogP contribution is 2.16. The van der Waals surface area contributed by atoms with E-state index in [9.17, 15) is 19.5 Å². The number of carbonyl (C=O) groups is 3. The number of likely N-dealkylation sites (N-methyl/N-ethyl adjacent to an activating group) is 1. The van der Waals surface area contributed by atoms with Gasteiger partial charge in [-0.3, -0.25) is 9.59 Å². The summed E-state index contributed by atoms with van der Waals surface area (Å²) in [7, 11) is 5.42. The molecule has 0 bridgehead atoms. The van der Waals surface area contributed by atoms with Crippen molar-refractivity contribution in [3.05, 3.63) is 12.2 Å². The van der Waals surface area contributed by atoms with Gasteiger partial charge in [0.15, 0.2) is 6.10 Å². The molecule has 0 aromatic rings. The molecule has 0 radical (unpaired) electrons. The van der Waals surface area contributed by atoms with Crippen molar-refractivity contribution >= 4 is 17.9 Å². The number of quaternary nitrogens is 1. The Balaban J connectivity index is 4.27. The Bertz CT molecular complexity index is 947. The molecular weight excluding hydrogens is 715 g/mol. The van der Waals surface area contributed by atoms with Crippen LogP contribution in [0.3, 0.4) is 0 Å². The predicted octanol–water partition coefficient (Wildman–Crippen LogP) is 12.1. The number of nitrogens with zero attached hydrogens (tertiary/aromatic N) is 1. The zero-order valence-corrected chi connectivity index (χ0v) is 38.3. The second-order valence-corrected chi connectivity index (χ2v) is 17.7. The maximum absolute atomic E-state index is 12.7. The number of hydrogen-bond acceptors (Lipinski definition) is 7. The van der Waals surface area contributed by atoms with Crippen LogP contribution < -0.4 is 5.11 Å². The minimum absolute atomic E-state index is 0.0441. The zero-order valence-electron chi connectivity index (χ0n) is 38.3. The first-order valence-electron chi connectivity index (χ1n) is 24.2. The molecule has 2 atom stereocenters. The molecule has 0 aromatic carbocycles. The number of carboxylic acids is 1. The molecule has 0 aliphatic rings. The number of unbranched alkanes of at least 4 members (excludes halogenated alkanes) is 28. The second kappa shape index (κ2) is 40.8. The van der Waals surface area contributed by atoms with E-state index in [1.54, 1.807) is 21.1 Å². The average Bonchev–Trinajstić information content (AvgIpc) is 3.17. The Hall–Kier alpha value is -1.93. The largest absolute Gasteiger partial charge is 0.544 e. The van der Waals surface area contributed by atoms with Gasteiger partial charge in [-0.25, -0.2) is 0 Å². The summed E-state index contributed by atoms with van der Waals surface area (Å²) in [6.45, 7) is 4.69. The first-order chi connectivity index (χ1) is 27.6. The van der Waals surface area contributed by atoms with E-state index in [4.69, 9.17) is 14.2 Å². The van der Waals surface area contributed by atoms with E-state index < -0.39 is 18.1 Å². The van der Waals surface area contributed by atoms with Crippen LogP contribution >= 0.6 is 0 Å². The maximum atomic E-state index is 12.7. The van der Waals surface area contributed by atoms with Crippen molar-refractivity contribution in [3.8, 4) is 0 Å². The molecule has 0 saturated heterocycles. The van der Waals surface area contributed by atoms with Crippen LogP contribution in [0, 0.1) is 0 Å². The van der Waals surface area contributed by atoms with Gasteiger partial charge in [0, 0.05) is 19.3 Å². The molecule has 336 valence electrons. The van der Waals surface area contributed by atoms with Crippen molar-refractivity contribution in [3.63, 3.8) is 0 Å². The third-order valence-corrected chi connectivity index (χ3v) is 11.2. The zero-order chi connectivity index (χ0) is 42.1. The molecule has 8 heteroatoms. The molecule has 0 saturated carbocycles. The van der Waals surface area contributed by atoms with Gasteiger partial charge in [-0.2, -0.15) is 0 Å². The third-order valence-electron chi connectivity index (χ3n) is 11.2. The summed E-state index contributed by atoms with van der Waals surface area (Å²) in [5.74, 6) is -1.73. The molecule has 2 unspecified atom stereocenters. The fraction of sp³-hybridized carbons (Fsp3) is 0.898. The lowest BCUT2D eigenvalue weighted by Gasteiger charge is -2.34. The van der Waals surface area contributed by atoms with Crippen molar-refractivity contribution in [2.75, 3.05) is 41.0 Å². The van der Waals surface area contributed by atoms with Gasteiger partial charge in [0.05, 0.1) is 40.3 Å². The highest BCUT2D eigenvalue weighted by atomic mass is 16.6. The topological polar surface area (TPSA) is 102 Å². The smallest absolute Gasteiger partial charge is 0.306 e. The third kappa shape index (κ3) is 39.3. The van der Waals surface area contributed by atoms with Crippen molar-refractivity contribution in [2.24, 2.45) is 0 Å². The highest BCUT2D eigenvalue weighted by Gasteiger charge is 2.25. The van der Waals surface area contributed by atoms with Gasteiger partial charge in [0.2, 0.25) is 0 Å². The van der Waals surface area contributed by atoms with E-state index in [2.05, 4.69) is 26.0 Å². The molecule has 0 rings (SSSR count). The van der Waals surface area contributed by atoms with Crippen LogP contribution in [0.15, 0.2) is 12.2 Å². The number of aliphatic carboxylic acids is 1. The maximum Gasteiger partial charge on any atom is 0.306 e. The van der Waals surface area contributed by atoms with Gasteiger partial charge in [-0.1, -0.05) is 187 Å². The predicted molar refractivity (Wildman–Crippen MR) is 236 cm³/mol. The molecule has 0 spiro atoms. The van der Waals surface area contributed by atoms with Crippen LogP contribution in [-0.4, -0.2) is 75.5 Å². The van der Waals surface area contributed by atoms with Crippen LogP contribution in [0.1, 0.15) is 232 Å². The Morgan fingerprint density at radius 1 is 0.509 bits per heavy atom. The van der Waals surface area contributed by atoms with E-state index in [-0.39, 0.29) is 42.7 Å². The fourth-order valence-electron chi connectivity index (χ4n) is 7.36. The Morgan fingerprint density at radius 3 is 1.26 bits per heavy atom. The first kappa shape index (κ1) is 55.1. The minimum Gasteiger partial charge on any atom is -0.544 e. The summed E-state index contributed by atoms with van der Waals surface area (Å²) in [6.07, 6.45) is 43.7. The number of esters is 2. The van der Waals surface area contributed by atoms with E-state index in [0.29, 0.717) is 12.8 Å². The van der Waals surface area contributed by atoms with Crippen LogP contribution in [0.5, 0.6) is 0 Å². The van der Waals surface area contributed by atoms with Gasteiger partial charge >= 0.3 is 11.9 Å². The minimum atomic E-state index is -1.12. The molecule has 8 nitrogen and oxygen atoms in total. The van der Waals surface area contributed by atoms with E-state index >= 15 is 0 Å². The van der Waals surface area contributed by atoms with Crippen LogP contribution in [0.25, 0.3) is 0 Å². The summed E-state index contributed by atoms with van der Waals surface area (Å²) in [5.41, 5.74) is 0. The molecule has 0 amide bonds. The molecule has 57 heavy (non-hydrogen) atoms. The quantitative estimate of drug-likeness (QED) is 0.0261. The molecule has 0 N–H and O–H groups in total. The van der Waals surface area contributed by atoms with Crippen LogP contribution in [0.2, 0.25) is 0 Å². The Labute approximate surface area is 352 Å². The number of carboxylic acid groups (broad SMARTS) is 1. The number of hydrogen-bond donors (Lipinski definition) is 0. The highest BCUT2D eigenvalue weighted by molar-refractivity contribution is 5.70. The first-order valence-corrected chi connectivity index (χ1v) is 24.2. The molecule has 0 fully saturated rings. The van der Waals surface area contributed by atoms with E-state index in [1.807, 2.05) is 0 Å². The lowest BCUT2D eigenvalue weighted by molar-refractivity contribution is -0.889. The molecule has 0 aliphatic carbocycles. The molecule has 0 aromatic heterocycles. The van der Waals surface area contributed by atoms with Gasteiger partial charge in [0.1, 0.15) is 12.6 Å². The lowest BCUT2D eigenvalue weighted by atomic mass is 10.0. The van der Waals surface area contributed by atoms with E-state index in [1.165, 1.54) is 154 Å². The number of ether oxygens (including phenoxy) is 3. The number of rotatable bonds is 44. The van der Waals surface area contributed by atoms with Crippen LogP contribution in [0.4, 0.5) is 0 Å². The summed E-state index contributed by atoms with van der Waals surface area (Å²) in [5, 5.41) is 11.6. The van der Waals surface area contributed by atoms with Crippen LogP contribution in [-0.2, 0) is 28.6 Å².